The van der Waals surface area contributed by atoms with Gasteiger partial charge in [0.25, 0.3) is 11.8 Å². The van der Waals surface area contributed by atoms with Crippen LogP contribution in [0.15, 0.2) is 24.3 Å². The molecule has 1 aromatic carbocycles. The lowest BCUT2D eigenvalue weighted by Gasteiger charge is -2.47. The average Bonchev–Trinajstić information content (AvgIpc) is 3.12. The highest BCUT2D eigenvalue weighted by Gasteiger charge is 2.44. The van der Waals surface area contributed by atoms with Gasteiger partial charge in [0.05, 0.1) is 11.1 Å². The fourth-order valence-corrected chi connectivity index (χ4v) is 5.28. The highest BCUT2D eigenvalue weighted by molar-refractivity contribution is 6.03. The van der Waals surface area contributed by atoms with E-state index in [1.54, 1.807) is 4.90 Å². The standard InChI is InChI=1S/C25H32N4O4/c1-24(2,3)33-23(32)28-11-4-6-18(14-28)27-21(30)17-8-7-16-12-20-22(31)26-15-25(9-5-10-25)29(20)19(16)13-17/h7-8,12-13,18H,4-6,9-11,14-15H2,1-3H3,(H,26,31)(H,27,30). The van der Waals surface area contributed by atoms with Crippen molar-refractivity contribution in [3.63, 3.8) is 0 Å². The minimum atomic E-state index is -0.548. The Morgan fingerprint density at radius 1 is 1.18 bits per heavy atom. The molecule has 2 fully saturated rings. The number of aromatic nitrogens is 1. The molecule has 8 heteroatoms. The van der Waals surface area contributed by atoms with Crippen molar-refractivity contribution < 1.29 is 19.1 Å². The molecule has 0 bridgehead atoms. The minimum absolute atomic E-state index is 0.0563. The molecule has 33 heavy (non-hydrogen) atoms. The summed E-state index contributed by atoms with van der Waals surface area (Å²) in [4.78, 5) is 39.7. The van der Waals surface area contributed by atoms with Crippen LogP contribution in [-0.2, 0) is 10.3 Å². The zero-order valence-electron chi connectivity index (χ0n) is 19.6. The van der Waals surface area contributed by atoms with E-state index in [0.29, 0.717) is 30.9 Å². The Balaban J connectivity index is 1.35. The predicted octanol–water partition coefficient (Wildman–Crippen LogP) is 3.39. The normalized spacial score (nSPS) is 21.8. The van der Waals surface area contributed by atoms with Crippen LogP contribution in [0.1, 0.15) is 73.7 Å². The Bertz CT molecular complexity index is 1130. The molecule has 1 saturated heterocycles. The van der Waals surface area contributed by atoms with Gasteiger partial charge in [0.1, 0.15) is 11.3 Å². The number of piperidine rings is 1. The van der Waals surface area contributed by atoms with Crippen molar-refractivity contribution in [2.24, 2.45) is 0 Å². The van der Waals surface area contributed by atoms with Gasteiger partial charge in [-0.3, -0.25) is 9.59 Å². The molecule has 176 valence electrons. The number of nitrogens with one attached hydrogen (secondary N) is 2. The Hall–Kier alpha value is -3.03. The van der Waals surface area contributed by atoms with E-state index in [-0.39, 0.29) is 29.5 Å². The van der Waals surface area contributed by atoms with Gasteiger partial charge in [-0.1, -0.05) is 6.07 Å². The number of carbonyl (C=O) groups is 3. The third-order valence-electron chi connectivity index (χ3n) is 7.04. The number of hydrogen-bond acceptors (Lipinski definition) is 4. The van der Waals surface area contributed by atoms with Gasteiger partial charge >= 0.3 is 6.09 Å². The number of hydrogen-bond donors (Lipinski definition) is 2. The molecule has 0 radical (unpaired) electrons. The third kappa shape index (κ3) is 3.96. The molecule has 1 spiro atoms. The van der Waals surface area contributed by atoms with Crippen molar-refractivity contribution in [1.29, 1.82) is 0 Å². The van der Waals surface area contributed by atoms with Crippen LogP contribution in [0.2, 0.25) is 0 Å². The second-order valence-electron chi connectivity index (χ2n) is 10.6. The smallest absolute Gasteiger partial charge is 0.410 e. The molecule has 1 atom stereocenters. The SMILES string of the molecule is CC(C)(C)OC(=O)N1CCCC(NC(=O)c2ccc3cc4n(c3c2)C2(CCC2)CNC4=O)C1. The lowest BCUT2D eigenvalue weighted by molar-refractivity contribution is 0.0185. The molecule has 2 aliphatic heterocycles. The second kappa shape index (κ2) is 7.78. The second-order valence-corrected chi connectivity index (χ2v) is 10.6. The molecule has 1 aliphatic carbocycles. The number of carbonyl (C=O) groups excluding carboxylic acids is 3. The quantitative estimate of drug-likeness (QED) is 0.731. The maximum absolute atomic E-state index is 13.1. The molecule has 3 amide bonds. The van der Waals surface area contributed by atoms with Crippen molar-refractivity contribution in [2.45, 2.75) is 70.1 Å². The maximum Gasteiger partial charge on any atom is 0.410 e. The summed E-state index contributed by atoms with van der Waals surface area (Å²) in [5.41, 5.74) is 1.56. The number of benzene rings is 1. The highest BCUT2D eigenvalue weighted by Crippen LogP contribution is 2.44. The van der Waals surface area contributed by atoms with Crippen molar-refractivity contribution in [3.8, 4) is 0 Å². The molecule has 1 aromatic heterocycles. The van der Waals surface area contributed by atoms with Gasteiger partial charge in [0.2, 0.25) is 0 Å². The van der Waals surface area contributed by atoms with Gasteiger partial charge in [0.15, 0.2) is 0 Å². The van der Waals surface area contributed by atoms with Crippen molar-refractivity contribution in [1.82, 2.24) is 20.1 Å². The number of rotatable bonds is 2. The third-order valence-corrected chi connectivity index (χ3v) is 7.04. The number of fused-ring (bicyclic) bond motifs is 4. The van der Waals surface area contributed by atoms with Gasteiger partial charge in [0, 0.05) is 36.6 Å². The summed E-state index contributed by atoms with van der Waals surface area (Å²) in [6.45, 7) is 7.26. The van der Waals surface area contributed by atoms with Gasteiger partial charge < -0.3 is 24.8 Å². The van der Waals surface area contributed by atoms with E-state index >= 15 is 0 Å². The van der Waals surface area contributed by atoms with E-state index in [9.17, 15) is 14.4 Å². The summed E-state index contributed by atoms with van der Waals surface area (Å²) >= 11 is 0. The first kappa shape index (κ1) is 21.8. The summed E-state index contributed by atoms with van der Waals surface area (Å²) in [7, 11) is 0. The van der Waals surface area contributed by atoms with E-state index < -0.39 is 5.60 Å². The largest absolute Gasteiger partial charge is 0.444 e. The van der Waals surface area contributed by atoms with Crippen molar-refractivity contribution >= 4 is 28.8 Å². The molecule has 1 saturated carbocycles. The Kier molecular flexibility index (Phi) is 5.14. The molecule has 3 aliphatic rings. The van der Waals surface area contributed by atoms with Gasteiger partial charge in [-0.2, -0.15) is 0 Å². The summed E-state index contributed by atoms with van der Waals surface area (Å²) in [5.74, 6) is -0.217. The van der Waals surface area contributed by atoms with Crippen LogP contribution in [0.5, 0.6) is 0 Å². The molecule has 5 rings (SSSR count). The van der Waals surface area contributed by atoms with Gasteiger partial charge in [-0.25, -0.2) is 4.79 Å². The van der Waals surface area contributed by atoms with E-state index in [1.807, 2.05) is 45.0 Å². The number of nitrogens with zero attached hydrogens (tertiary/aromatic N) is 2. The lowest BCUT2D eigenvalue weighted by Crippen LogP contribution is -2.55. The first-order valence-electron chi connectivity index (χ1n) is 11.9. The molecule has 3 heterocycles. The molecular formula is C25H32N4O4. The maximum atomic E-state index is 13.1. The van der Waals surface area contributed by atoms with Crippen LogP contribution in [0.3, 0.4) is 0 Å². The van der Waals surface area contributed by atoms with Crippen LogP contribution in [0, 0.1) is 0 Å². The van der Waals surface area contributed by atoms with Crippen LogP contribution in [0.4, 0.5) is 4.79 Å². The fraction of sp³-hybridized carbons (Fsp3) is 0.560. The zero-order chi connectivity index (χ0) is 23.4. The first-order chi connectivity index (χ1) is 15.7. The van der Waals surface area contributed by atoms with Crippen molar-refractivity contribution in [3.05, 3.63) is 35.5 Å². The summed E-state index contributed by atoms with van der Waals surface area (Å²) in [6, 6.07) is 7.43. The van der Waals surface area contributed by atoms with Crippen LogP contribution >= 0.6 is 0 Å². The molecular weight excluding hydrogens is 420 g/mol. The van der Waals surface area contributed by atoms with E-state index in [1.165, 1.54) is 0 Å². The van der Waals surface area contributed by atoms with Crippen LogP contribution in [0.25, 0.3) is 10.9 Å². The number of likely N-dealkylation sites (tertiary alicyclic amines) is 1. The van der Waals surface area contributed by atoms with Crippen LogP contribution < -0.4 is 10.6 Å². The molecule has 2 aromatic rings. The van der Waals surface area contributed by atoms with Crippen LogP contribution in [-0.4, -0.2) is 58.7 Å². The Morgan fingerprint density at radius 2 is 1.97 bits per heavy atom. The zero-order valence-corrected chi connectivity index (χ0v) is 19.6. The summed E-state index contributed by atoms with van der Waals surface area (Å²) < 4.78 is 7.65. The Labute approximate surface area is 193 Å². The van der Waals surface area contributed by atoms with E-state index in [0.717, 1.165) is 43.0 Å². The topological polar surface area (TPSA) is 92.7 Å². The predicted molar refractivity (Wildman–Crippen MR) is 124 cm³/mol. The molecule has 1 unspecified atom stereocenters. The minimum Gasteiger partial charge on any atom is -0.444 e. The molecule has 8 nitrogen and oxygen atoms in total. The highest BCUT2D eigenvalue weighted by atomic mass is 16.6. The summed E-state index contributed by atoms with van der Waals surface area (Å²) in [6.07, 6.45) is 4.49. The number of ether oxygens (including phenoxy) is 1. The van der Waals surface area contributed by atoms with Gasteiger partial charge in [-0.15, -0.1) is 0 Å². The summed E-state index contributed by atoms with van der Waals surface area (Å²) in [5, 5.41) is 7.10. The first-order valence-corrected chi connectivity index (χ1v) is 11.9. The fourth-order valence-electron chi connectivity index (χ4n) is 5.28. The van der Waals surface area contributed by atoms with Gasteiger partial charge in [-0.05, 0) is 71.1 Å². The average molecular weight is 453 g/mol. The lowest BCUT2D eigenvalue weighted by atomic mass is 9.75. The number of amides is 3. The van der Waals surface area contributed by atoms with Crippen molar-refractivity contribution in [2.75, 3.05) is 19.6 Å². The van der Waals surface area contributed by atoms with E-state index in [2.05, 4.69) is 15.2 Å². The monoisotopic (exact) mass is 452 g/mol. The molecule has 2 N–H and O–H groups in total. The van der Waals surface area contributed by atoms with E-state index in [4.69, 9.17) is 4.74 Å². The Morgan fingerprint density at radius 3 is 2.67 bits per heavy atom.